The maximum absolute atomic E-state index is 8.00. The third-order valence-electron chi connectivity index (χ3n) is 0. The van der Waals surface area contributed by atoms with Gasteiger partial charge in [-0.25, -0.2) is 0 Å². The molecule has 0 radical (unpaired) electrons. The normalized spacial score (nSPS) is 2.00. The van der Waals surface area contributed by atoms with Crippen LogP contribution in [0.15, 0.2) is 5.34 Å². The van der Waals surface area contributed by atoms with E-state index in [0.29, 0.717) is 0 Å². The minimum Gasteiger partial charge on any atom is -1.00 e. The standard InChI is InChI=1S/CN.Fe.HNO2.Na.H/c1-2;;2-1-3;;/h;;(H,2,3);;/q-1;;;+1;-1/p-1. The van der Waals surface area contributed by atoms with Gasteiger partial charge in [-0.15, -0.1) is 5.34 Å². The molecule has 0 aliphatic rings. The quantitative estimate of drug-likeness (QED) is 0.166. The monoisotopic (exact) mass is 152 g/mol. The molecule has 0 aromatic rings. The summed E-state index contributed by atoms with van der Waals surface area (Å²) in [6.07, 6.45) is 0. The summed E-state index contributed by atoms with van der Waals surface area (Å²) < 4.78 is 0. The summed E-state index contributed by atoms with van der Waals surface area (Å²) in [6.45, 7) is 4.75. The average molecular weight is 152 g/mol. The van der Waals surface area contributed by atoms with E-state index in [1.807, 2.05) is 0 Å². The molecule has 0 amide bonds. The Balaban J connectivity index is -0.00000000567. The molecule has 7 heavy (non-hydrogen) atoms. The van der Waals surface area contributed by atoms with Crippen LogP contribution < -0.4 is 29.6 Å². The van der Waals surface area contributed by atoms with Crippen molar-refractivity contribution in [2.75, 3.05) is 0 Å². The molecule has 6 heteroatoms. The van der Waals surface area contributed by atoms with Crippen molar-refractivity contribution < 1.29 is 48.1 Å². The van der Waals surface area contributed by atoms with Gasteiger partial charge in [0.1, 0.15) is 0 Å². The Bertz CT molecular complexity index is 44.3. The predicted octanol–water partition coefficient (Wildman–Crippen LogP) is -2.54. The van der Waals surface area contributed by atoms with Gasteiger partial charge in [-0.3, -0.25) is 0 Å². The molecule has 0 atom stereocenters. The van der Waals surface area contributed by atoms with Crippen molar-refractivity contribution in [2.24, 2.45) is 5.34 Å². The molecule has 0 aliphatic carbocycles. The minimum atomic E-state index is 0. The van der Waals surface area contributed by atoms with Gasteiger partial charge in [-0.1, -0.05) is 0 Å². The van der Waals surface area contributed by atoms with Crippen molar-refractivity contribution in [1.82, 2.24) is 0 Å². The van der Waals surface area contributed by atoms with Gasteiger partial charge < -0.3 is 23.4 Å². The van der Waals surface area contributed by atoms with E-state index in [-0.39, 0.29) is 48.1 Å². The molecule has 0 aliphatic heterocycles. The number of hydrogen-bond acceptors (Lipinski definition) is 4. The Labute approximate surface area is 75.1 Å². The maximum atomic E-state index is 8.00. The van der Waals surface area contributed by atoms with Crippen LogP contribution in [0.2, 0.25) is 0 Å². The zero-order chi connectivity index (χ0) is 4.71. The van der Waals surface area contributed by atoms with Gasteiger partial charge in [-0.05, 0) is 0 Å². The van der Waals surface area contributed by atoms with E-state index in [0.717, 1.165) is 5.34 Å². The van der Waals surface area contributed by atoms with Crippen LogP contribution in [0.25, 0.3) is 0 Å². The van der Waals surface area contributed by atoms with E-state index in [1.54, 1.807) is 0 Å². The van der Waals surface area contributed by atoms with E-state index in [4.69, 9.17) is 21.9 Å². The third kappa shape index (κ3) is 743. The second-order valence-corrected chi connectivity index (χ2v) is 0.0745. The van der Waals surface area contributed by atoms with Crippen LogP contribution in [-0.2, 0) is 17.1 Å². The average Bonchev–Trinajstić information content (AvgIpc) is 1.46. The first kappa shape index (κ1) is 26.2. The molecule has 0 heterocycles. The summed E-state index contributed by atoms with van der Waals surface area (Å²) in [7, 11) is 0. The van der Waals surface area contributed by atoms with Crippen LogP contribution in [0.4, 0.5) is 0 Å². The zero-order valence-electron chi connectivity index (χ0n) is 4.56. The Morgan fingerprint density at radius 3 is 1.71 bits per heavy atom. The van der Waals surface area contributed by atoms with E-state index < -0.39 is 0 Å². The molecule has 0 rings (SSSR count). The molecular formula is CHFeN2NaO2-2. The minimum absolute atomic E-state index is 0. The van der Waals surface area contributed by atoms with Crippen molar-refractivity contribution in [2.45, 2.75) is 0 Å². The molecule has 0 unspecified atom stereocenters. The van der Waals surface area contributed by atoms with Crippen LogP contribution in [0.1, 0.15) is 1.43 Å². The van der Waals surface area contributed by atoms with E-state index in [1.165, 1.54) is 0 Å². The SMILES string of the molecule is O=N[O-].[C-]#N.[Fe].[H-].[Na+]. The predicted molar refractivity (Wildman–Crippen MR) is 15.2 cm³/mol. The molecule has 0 saturated carbocycles. The summed E-state index contributed by atoms with van der Waals surface area (Å²) in [5.41, 5.74) is 0. The maximum Gasteiger partial charge on any atom is 1.00 e. The molecule has 0 spiro atoms. The van der Waals surface area contributed by atoms with Gasteiger partial charge in [0.15, 0.2) is 0 Å². The fourth-order valence-corrected chi connectivity index (χ4v) is 0. The van der Waals surface area contributed by atoms with Crippen LogP contribution in [-0.4, -0.2) is 0 Å². The molecular weight excluding hydrogens is 151 g/mol. The summed E-state index contributed by atoms with van der Waals surface area (Å²) in [4.78, 5) is 8.00. The first-order valence-corrected chi connectivity index (χ1v) is 0.589. The number of hydrogen-bond donors (Lipinski definition) is 0. The van der Waals surface area contributed by atoms with Gasteiger partial charge in [0.05, 0.1) is 0 Å². The molecule has 0 aromatic carbocycles. The Hall–Kier alpha value is 0.409. The van der Waals surface area contributed by atoms with E-state index >= 15 is 0 Å². The first-order chi connectivity index (χ1) is 2.41. The van der Waals surface area contributed by atoms with Crippen molar-refractivity contribution in [3.63, 3.8) is 0 Å². The smallest absolute Gasteiger partial charge is 1.00 e. The number of nitrogens with zero attached hydrogens (tertiary/aromatic N) is 2. The van der Waals surface area contributed by atoms with Gasteiger partial charge in [-0.2, -0.15) is 0 Å². The summed E-state index contributed by atoms with van der Waals surface area (Å²) in [5, 5.41) is 15.2. The van der Waals surface area contributed by atoms with Gasteiger partial charge in [0, 0.05) is 17.1 Å². The topological polar surface area (TPSA) is 76.3 Å². The third-order valence-corrected chi connectivity index (χ3v) is 0. The molecule has 0 aromatic heterocycles. The fraction of sp³-hybridized carbons (Fsp3) is 0. The molecule has 0 N–H and O–H groups in total. The van der Waals surface area contributed by atoms with Crippen LogP contribution in [0, 0.1) is 21.9 Å². The Morgan fingerprint density at radius 2 is 1.71 bits per heavy atom. The van der Waals surface area contributed by atoms with Gasteiger partial charge >= 0.3 is 29.6 Å². The van der Waals surface area contributed by atoms with Crippen LogP contribution >= 0.6 is 0 Å². The van der Waals surface area contributed by atoms with Crippen LogP contribution in [0.3, 0.4) is 0 Å². The molecule has 0 fully saturated rings. The van der Waals surface area contributed by atoms with E-state index in [2.05, 4.69) is 0 Å². The van der Waals surface area contributed by atoms with E-state index in [9.17, 15) is 0 Å². The summed E-state index contributed by atoms with van der Waals surface area (Å²) in [5.74, 6) is 0. The van der Waals surface area contributed by atoms with Gasteiger partial charge in [0.25, 0.3) is 0 Å². The van der Waals surface area contributed by atoms with Crippen LogP contribution in [0.5, 0.6) is 0 Å². The molecule has 38 valence electrons. The summed E-state index contributed by atoms with van der Waals surface area (Å²) in [6, 6.07) is 0. The largest absolute Gasteiger partial charge is 1.00 e. The molecule has 0 bridgehead atoms. The van der Waals surface area contributed by atoms with Crippen molar-refractivity contribution in [3.8, 4) is 0 Å². The Kier molecular flexibility index (Phi) is 353. The summed E-state index contributed by atoms with van der Waals surface area (Å²) >= 11 is 0. The van der Waals surface area contributed by atoms with Crippen molar-refractivity contribution in [3.05, 3.63) is 16.7 Å². The second-order valence-electron chi connectivity index (χ2n) is 0.0745. The second kappa shape index (κ2) is 94.4. The molecule has 4 nitrogen and oxygen atoms in total. The zero-order valence-corrected chi connectivity index (χ0v) is 6.67. The van der Waals surface area contributed by atoms with Gasteiger partial charge in [0.2, 0.25) is 0 Å². The van der Waals surface area contributed by atoms with Crippen molar-refractivity contribution in [1.29, 1.82) is 5.26 Å². The van der Waals surface area contributed by atoms with Crippen molar-refractivity contribution >= 4 is 0 Å². The first-order valence-electron chi connectivity index (χ1n) is 0.589. The fourth-order valence-electron chi connectivity index (χ4n) is 0. The number of rotatable bonds is 0. The molecule has 0 saturated heterocycles. The Morgan fingerprint density at radius 1 is 1.71 bits per heavy atom.